The summed E-state index contributed by atoms with van der Waals surface area (Å²) >= 11 is 4.88. The number of carbonyl (C=O) groups excluding carboxylic acids is 1. The predicted molar refractivity (Wildman–Crippen MR) is 79.6 cm³/mol. The lowest BCUT2D eigenvalue weighted by atomic mass is 10.1. The highest BCUT2D eigenvalue weighted by Crippen LogP contribution is 2.12. The minimum Gasteiger partial charge on any atom is -0.468 e. The van der Waals surface area contributed by atoms with Crippen LogP contribution in [0.25, 0.3) is 0 Å². The monoisotopic (exact) mass is 316 g/mol. The van der Waals surface area contributed by atoms with Crippen molar-refractivity contribution in [1.29, 1.82) is 0 Å². The van der Waals surface area contributed by atoms with Gasteiger partial charge in [-0.15, -0.1) is 0 Å². The first kappa shape index (κ1) is 16.5. The largest absolute Gasteiger partial charge is 0.468 e. The molecule has 0 aliphatic heterocycles. The molecule has 110 valence electrons. The Morgan fingerprint density at radius 2 is 2.05 bits per heavy atom. The van der Waals surface area contributed by atoms with Crippen molar-refractivity contribution in [3.8, 4) is 0 Å². The van der Waals surface area contributed by atoms with E-state index in [4.69, 9.17) is 18.0 Å². The summed E-state index contributed by atoms with van der Waals surface area (Å²) < 4.78 is 30.7. The van der Waals surface area contributed by atoms with Gasteiger partial charge in [-0.2, -0.15) is 0 Å². The van der Waals surface area contributed by atoms with Crippen LogP contribution in [0.5, 0.6) is 0 Å². The number of nitrogens with one attached hydrogen (secondary N) is 1. The first-order chi connectivity index (χ1) is 9.26. The van der Waals surface area contributed by atoms with E-state index < -0.39 is 22.0 Å². The minimum absolute atomic E-state index is 0.122. The average molecular weight is 316 g/mol. The van der Waals surface area contributed by atoms with E-state index >= 15 is 0 Å². The summed E-state index contributed by atoms with van der Waals surface area (Å²) in [5.41, 5.74) is 6.52. The number of hydrogen-bond acceptors (Lipinski definition) is 5. The second kappa shape index (κ2) is 6.78. The Bertz CT molecular complexity index is 614. The number of benzene rings is 1. The van der Waals surface area contributed by atoms with E-state index in [1.807, 2.05) is 0 Å². The Hall–Kier alpha value is -1.51. The van der Waals surface area contributed by atoms with Crippen molar-refractivity contribution in [1.82, 2.24) is 4.72 Å². The van der Waals surface area contributed by atoms with Gasteiger partial charge in [0, 0.05) is 5.56 Å². The van der Waals surface area contributed by atoms with Crippen LogP contribution in [-0.4, -0.2) is 32.5 Å². The average Bonchev–Trinajstić information content (AvgIpc) is 2.36. The third kappa shape index (κ3) is 4.55. The van der Waals surface area contributed by atoms with E-state index in [1.165, 1.54) is 14.0 Å². The molecular formula is C12H16N2O4S2. The molecule has 1 unspecified atom stereocenters. The lowest BCUT2D eigenvalue weighted by Crippen LogP contribution is -2.39. The second-order valence-corrected chi connectivity index (χ2v) is 6.34. The Kier molecular flexibility index (Phi) is 5.61. The standard InChI is InChI=1S/C12H16N2O4S2/c1-8(12(15)18-2)14-20(16,17)7-9-5-3-4-6-10(9)11(13)19/h3-6,8,14H,7H2,1-2H3,(H2,13,19). The molecule has 0 heterocycles. The molecule has 6 nitrogen and oxygen atoms in total. The van der Waals surface area contributed by atoms with Gasteiger partial charge in [-0.25, -0.2) is 13.1 Å². The van der Waals surface area contributed by atoms with Gasteiger partial charge in [0.1, 0.15) is 11.0 Å². The van der Waals surface area contributed by atoms with Gasteiger partial charge in [0.05, 0.1) is 12.9 Å². The zero-order valence-corrected chi connectivity index (χ0v) is 12.8. The van der Waals surface area contributed by atoms with E-state index in [-0.39, 0.29) is 10.7 Å². The van der Waals surface area contributed by atoms with Crippen LogP contribution in [0.3, 0.4) is 0 Å². The van der Waals surface area contributed by atoms with Crippen LogP contribution in [0.15, 0.2) is 24.3 Å². The zero-order chi connectivity index (χ0) is 15.3. The van der Waals surface area contributed by atoms with Crippen LogP contribution < -0.4 is 10.5 Å². The molecule has 0 saturated carbocycles. The summed E-state index contributed by atoms with van der Waals surface area (Å²) in [5, 5.41) is 0. The molecule has 1 aromatic carbocycles. The Morgan fingerprint density at radius 1 is 1.45 bits per heavy atom. The number of rotatable bonds is 6. The maximum atomic E-state index is 12.0. The number of esters is 1. The molecule has 0 fully saturated rings. The van der Waals surface area contributed by atoms with E-state index in [2.05, 4.69) is 9.46 Å². The molecule has 0 saturated heterocycles. The van der Waals surface area contributed by atoms with Crippen LogP contribution in [0.2, 0.25) is 0 Å². The molecule has 1 aromatic rings. The minimum atomic E-state index is -3.71. The molecule has 1 atom stereocenters. The van der Waals surface area contributed by atoms with E-state index in [9.17, 15) is 13.2 Å². The maximum Gasteiger partial charge on any atom is 0.323 e. The van der Waals surface area contributed by atoms with Gasteiger partial charge in [0.25, 0.3) is 0 Å². The summed E-state index contributed by atoms with van der Waals surface area (Å²) in [7, 11) is -2.52. The van der Waals surface area contributed by atoms with Crippen molar-refractivity contribution in [2.24, 2.45) is 5.73 Å². The Labute approximate surface area is 123 Å². The number of methoxy groups -OCH3 is 1. The van der Waals surface area contributed by atoms with Gasteiger partial charge in [0.2, 0.25) is 10.0 Å². The molecule has 0 spiro atoms. The number of thiocarbonyl (C=S) groups is 1. The third-order valence-electron chi connectivity index (χ3n) is 2.54. The van der Waals surface area contributed by atoms with Gasteiger partial charge < -0.3 is 10.5 Å². The summed E-state index contributed by atoms with van der Waals surface area (Å²) in [6, 6.07) is 5.72. The quantitative estimate of drug-likeness (QED) is 0.578. The van der Waals surface area contributed by atoms with Crippen molar-refractivity contribution in [2.45, 2.75) is 18.7 Å². The summed E-state index contributed by atoms with van der Waals surface area (Å²) in [5.74, 6) is -0.974. The van der Waals surface area contributed by atoms with Crippen LogP contribution in [0.4, 0.5) is 0 Å². The molecule has 1 rings (SSSR count). The SMILES string of the molecule is COC(=O)C(C)NS(=O)(=O)Cc1ccccc1C(N)=S. The highest BCUT2D eigenvalue weighted by molar-refractivity contribution is 7.88. The Morgan fingerprint density at radius 3 is 2.60 bits per heavy atom. The number of hydrogen-bond donors (Lipinski definition) is 2. The van der Waals surface area contributed by atoms with E-state index in [0.29, 0.717) is 11.1 Å². The highest BCUT2D eigenvalue weighted by atomic mass is 32.2. The van der Waals surface area contributed by atoms with Gasteiger partial charge in [0.15, 0.2) is 0 Å². The fourth-order valence-corrected chi connectivity index (χ4v) is 3.21. The van der Waals surface area contributed by atoms with Crippen molar-refractivity contribution >= 4 is 33.2 Å². The van der Waals surface area contributed by atoms with Crippen LogP contribution >= 0.6 is 12.2 Å². The van der Waals surface area contributed by atoms with Crippen molar-refractivity contribution in [3.63, 3.8) is 0 Å². The van der Waals surface area contributed by atoms with Gasteiger partial charge in [-0.3, -0.25) is 4.79 Å². The molecule has 20 heavy (non-hydrogen) atoms. The maximum absolute atomic E-state index is 12.0. The molecule has 0 bridgehead atoms. The normalized spacial score (nSPS) is 12.7. The molecule has 8 heteroatoms. The summed E-state index contributed by atoms with van der Waals surface area (Å²) in [6.45, 7) is 1.41. The van der Waals surface area contributed by atoms with Crippen molar-refractivity contribution < 1.29 is 17.9 Å². The predicted octanol–water partition coefficient (Wildman–Crippen LogP) is 0.302. The zero-order valence-electron chi connectivity index (χ0n) is 11.1. The topological polar surface area (TPSA) is 98.5 Å². The van der Waals surface area contributed by atoms with Crippen LogP contribution in [-0.2, 0) is 25.3 Å². The first-order valence-electron chi connectivity index (χ1n) is 5.72. The lowest BCUT2D eigenvalue weighted by molar-refractivity contribution is -0.142. The van der Waals surface area contributed by atoms with Gasteiger partial charge >= 0.3 is 5.97 Å². The summed E-state index contributed by atoms with van der Waals surface area (Å²) in [6.07, 6.45) is 0. The molecule has 0 aliphatic carbocycles. The first-order valence-corrected chi connectivity index (χ1v) is 7.78. The molecule has 0 aliphatic rings. The lowest BCUT2D eigenvalue weighted by Gasteiger charge is -2.13. The number of sulfonamides is 1. The molecule has 0 radical (unpaired) electrons. The smallest absolute Gasteiger partial charge is 0.323 e. The second-order valence-electron chi connectivity index (χ2n) is 4.14. The third-order valence-corrected chi connectivity index (χ3v) is 4.16. The number of nitrogens with two attached hydrogens (primary N) is 1. The molecular weight excluding hydrogens is 300 g/mol. The molecule has 0 amide bonds. The van der Waals surface area contributed by atoms with Gasteiger partial charge in [-0.1, -0.05) is 36.5 Å². The molecule has 0 aromatic heterocycles. The highest BCUT2D eigenvalue weighted by Gasteiger charge is 2.22. The van der Waals surface area contributed by atoms with Gasteiger partial charge in [-0.05, 0) is 12.5 Å². The Balaban J connectivity index is 2.92. The number of ether oxygens (including phenoxy) is 1. The fourth-order valence-electron chi connectivity index (χ4n) is 1.63. The molecule has 3 N–H and O–H groups in total. The fraction of sp³-hybridized carbons (Fsp3) is 0.333. The van der Waals surface area contributed by atoms with Crippen molar-refractivity contribution in [3.05, 3.63) is 35.4 Å². The van der Waals surface area contributed by atoms with Crippen molar-refractivity contribution in [2.75, 3.05) is 7.11 Å². The van der Waals surface area contributed by atoms with Crippen LogP contribution in [0.1, 0.15) is 18.1 Å². The number of carbonyl (C=O) groups is 1. The van der Waals surface area contributed by atoms with Crippen LogP contribution in [0, 0.1) is 0 Å². The summed E-state index contributed by atoms with van der Waals surface area (Å²) in [4.78, 5) is 11.3. The van der Waals surface area contributed by atoms with E-state index in [1.54, 1.807) is 24.3 Å². The van der Waals surface area contributed by atoms with E-state index in [0.717, 1.165) is 0 Å².